The van der Waals surface area contributed by atoms with Gasteiger partial charge in [0.25, 0.3) is 5.91 Å². The summed E-state index contributed by atoms with van der Waals surface area (Å²) in [5, 5.41) is 2.81. The molecular formula is C14H20N2O3. The average molecular weight is 264 g/mol. The lowest BCUT2D eigenvalue weighted by Crippen LogP contribution is -2.37. The number of amides is 1. The topological polar surface area (TPSA) is 73.6 Å². The predicted octanol–water partition coefficient (Wildman–Crippen LogP) is 1.33. The number of anilines is 1. The van der Waals surface area contributed by atoms with Crippen LogP contribution in [0.15, 0.2) is 24.3 Å². The van der Waals surface area contributed by atoms with E-state index in [1.807, 2.05) is 12.1 Å². The number of ether oxygens (including phenoxy) is 2. The van der Waals surface area contributed by atoms with Crippen LogP contribution in [0.25, 0.3) is 0 Å². The molecule has 1 aromatic carbocycles. The predicted molar refractivity (Wildman–Crippen MR) is 73.0 cm³/mol. The number of hydrogen-bond donors (Lipinski definition) is 2. The molecule has 0 aliphatic carbocycles. The molecule has 1 atom stereocenters. The molecule has 0 saturated carbocycles. The van der Waals surface area contributed by atoms with E-state index in [0.29, 0.717) is 18.0 Å². The first-order valence-electron chi connectivity index (χ1n) is 6.61. The van der Waals surface area contributed by atoms with Crippen LogP contribution in [0.1, 0.15) is 19.3 Å². The van der Waals surface area contributed by atoms with E-state index in [4.69, 9.17) is 15.2 Å². The summed E-state index contributed by atoms with van der Waals surface area (Å²) in [5.74, 6) is 0.379. The van der Waals surface area contributed by atoms with Gasteiger partial charge in [-0.2, -0.15) is 0 Å². The highest BCUT2D eigenvalue weighted by Crippen LogP contribution is 2.19. The summed E-state index contributed by atoms with van der Waals surface area (Å²) in [6, 6.07) is 7.12. The standard InChI is InChI=1S/C14H20N2O3/c15-12-6-1-2-7-13(12)19-10-14(17)16-9-11-5-3-4-8-18-11/h1-2,6-7,11H,3-5,8-10,15H2,(H,16,17). The van der Waals surface area contributed by atoms with Gasteiger partial charge in [-0.05, 0) is 31.4 Å². The van der Waals surface area contributed by atoms with Gasteiger partial charge in [0.15, 0.2) is 6.61 Å². The van der Waals surface area contributed by atoms with Crippen molar-refractivity contribution >= 4 is 11.6 Å². The van der Waals surface area contributed by atoms with Crippen LogP contribution in [-0.2, 0) is 9.53 Å². The Hall–Kier alpha value is -1.75. The van der Waals surface area contributed by atoms with E-state index < -0.39 is 0 Å². The highest BCUT2D eigenvalue weighted by Gasteiger charge is 2.14. The Morgan fingerprint density at radius 3 is 3.00 bits per heavy atom. The largest absolute Gasteiger partial charge is 0.482 e. The Kier molecular flexibility index (Phi) is 5.03. The zero-order chi connectivity index (χ0) is 13.5. The molecule has 104 valence electrons. The normalized spacial score (nSPS) is 18.8. The monoisotopic (exact) mass is 264 g/mol. The quantitative estimate of drug-likeness (QED) is 0.787. The molecule has 1 heterocycles. The zero-order valence-corrected chi connectivity index (χ0v) is 10.9. The highest BCUT2D eigenvalue weighted by molar-refractivity contribution is 5.77. The zero-order valence-electron chi connectivity index (χ0n) is 10.9. The molecule has 0 aromatic heterocycles. The van der Waals surface area contributed by atoms with Gasteiger partial charge in [-0.1, -0.05) is 12.1 Å². The third-order valence-corrected chi connectivity index (χ3v) is 3.08. The van der Waals surface area contributed by atoms with Crippen LogP contribution in [0, 0.1) is 0 Å². The van der Waals surface area contributed by atoms with Crippen LogP contribution in [0.4, 0.5) is 5.69 Å². The molecule has 1 unspecified atom stereocenters. The van der Waals surface area contributed by atoms with Gasteiger partial charge in [-0.15, -0.1) is 0 Å². The second kappa shape index (κ2) is 6.99. The molecule has 1 aromatic rings. The number of carbonyl (C=O) groups excluding carboxylic acids is 1. The third-order valence-electron chi connectivity index (χ3n) is 3.08. The van der Waals surface area contributed by atoms with Crippen molar-refractivity contribution < 1.29 is 14.3 Å². The number of benzene rings is 1. The Balaban J connectivity index is 1.68. The van der Waals surface area contributed by atoms with Crippen LogP contribution in [0.2, 0.25) is 0 Å². The van der Waals surface area contributed by atoms with Gasteiger partial charge in [0, 0.05) is 13.2 Å². The van der Waals surface area contributed by atoms with Gasteiger partial charge in [0.05, 0.1) is 11.8 Å². The number of hydrogen-bond acceptors (Lipinski definition) is 4. The Morgan fingerprint density at radius 1 is 1.42 bits per heavy atom. The molecule has 19 heavy (non-hydrogen) atoms. The summed E-state index contributed by atoms with van der Waals surface area (Å²) >= 11 is 0. The Labute approximate surface area is 113 Å². The van der Waals surface area contributed by atoms with Crippen molar-refractivity contribution in [1.82, 2.24) is 5.32 Å². The summed E-state index contributed by atoms with van der Waals surface area (Å²) in [6.45, 7) is 1.31. The molecule has 1 fully saturated rings. The molecule has 5 nitrogen and oxygen atoms in total. The fraction of sp³-hybridized carbons (Fsp3) is 0.500. The lowest BCUT2D eigenvalue weighted by atomic mass is 10.1. The highest BCUT2D eigenvalue weighted by atomic mass is 16.5. The van der Waals surface area contributed by atoms with Crippen LogP contribution < -0.4 is 15.8 Å². The number of rotatable bonds is 5. The van der Waals surface area contributed by atoms with Crippen molar-refractivity contribution in [3.05, 3.63) is 24.3 Å². The molecule has 1 saturated heterocycles. The van der Waals surface area contributed by atoms with Gasteiger partial charge in [0.1, 0.15) is 5.75 Å². The summed E-state index contributed by atoms with van der Waals surface area (Å²) in [5.41, 5.74) is 6.25. The fourth-order valence-electron chi connectivity index (χ4n) is 2.00. The smallest absolute Gasteiger partial charge is 0.258 e. The average Bonchev–Trinajstić information content (AvgIpc) is 2.45. The second-order valence-corrected chi connectivity index (χ2v) is 4.62. The van der Waals surface area contributed by atoms with Crippen LogP contribution >= 0.6 is 0 Å². The van der Waals surface area contributed by atoms with Crippen molar-refractivity contribution in [2.75, 3.05) is 25.5 Å². The molecule has 1 amide bonds. The van der Waals surface area contributed by atoms with Crippen molar-refractivity contribution in [1.29, 1.82) is 0 Å². The van der Waals surface area contributed by atoms with Crippen molar-refractivity contribution in [3.8, 4) is 5.75 Å². The van der Waals surface area contributed by atoms with E-state index in [2.05, 4.69) is 5.32 Å². The summed E-state index contributed by atoms with van der Waals surface area (Å²) in [7, 11) is 0. The number of nitrogens with two attached hydrogens (primary N) is 1. The fourth-order valence-corrected chi connectivity index (χ4v) is 2.00. The second-order valence-electron chi connectivity index (χ2n) is 4.62. The number of para-hydroxylation sites is 2. The summed E-state index contributed by atoms with van der Waals surface area (Å²) < 4.78 is 10.9. The van der Waals surface area contributed by atoms with E-state index >= 15 is 0 Å². The van der Waals surface area contributed by atoms with Crippen LogP contribution in [0.5, 0.6) is 5.75 Å². The number of carbonyl (C=O) groups is 1. The van der Waals surface area contributed by atoms with E-state index in [1.165, 1.54) is 0 Å². The molecular weight excluding hydrogens is 244 g/mol. The molecule has 0 spiro atoms. The van der Waals surface area contributed by atoms with E-state index in [0.717, 1.165) is 25.9 Å². The molecule has 3 N–H and O–H groups in total. The van der Waals surface area contributed by atoms with Gasteiger partial charge < -0.3 is 20.5 Å². The molecule has 2 rings (SSSR count). The SMILES string of the molecule is Nc1ccccc1OCC(=O)NCC1CCCCO1. The van der Waals surface area contributed by atoms with Crippen molar-refractivity contribution in [2.45, 2.75) is 25.4 Å². The minimum absolute atomic E-state index is 0.0269. The lowest BCUT2D eigenvalue weighted by molar-refractivity contribution is -0.124. The van der Waals surface area contributed by atoms with Gasteiger partial charge in [-0.25, -0.2) is 0 Å². The van der Waals surface area contributed by atoms with Crippen molar-refractivity contribution in [2.24, 2.45) is 0 Å². The lowest BCUT2D eigenvalue weighted by Gasteiger charge is -2.22. The molecule has 0 bridgehead atoms. The molecule has 5 heteroatoms. The maximum Gasteiger partial charge on any atom is 0.258 e. The molecule has 1 aliphatic heterocycles. The van der Waals surface area contributed by atoms with Gasteiger partial charge in [0.2, 0.25) is 0 Å². The maximum absolute atomic E-state index is 11.6. The van der Waals surface area contributed by atoms with E-state index in [1.54, 1.807) is 12.1 Å². The van der Waals surface area contributed by atoms with Crippen LogP contribution in [-0.4, -0.2) is 31.8 Å². The Morgan fingerprint density at radius 2 is 2.26 bits per heavy atom. The first kappa shape index (κ1) is 13.7. The minimum atomic E-state index is -0.155. The molecule has 0 radical (unpaired) electrons. The first-order valence-corrected chi connectivity index (χ1v) is 6.61. The van der Waals surface area contributed by atoms with E-state index in [9.17, 15) is 4.79 Å². The van der Waals surface area contributed by atoms with E-state index in [-0.39, 0.29) is 18.6 Å². The summed E-state index contributed by atoms with van der Waals surface area (Å²) in [4.78, 5) is 11.6. The first-order chi connectivity index (χ1) is 9.25. The third kappa shape index (κ3) is 4.44. The van der Waals surface area contributed by atoms with Gasteiger partial charge >= 0.3 is 0 Å². The van der Waals surface area contributed by atoms with Gasteiger partial charge in [-0.3, -0.25) is 4.79 Å². The minimum Gasteiger partial charge on any atom is -0.482 e. The maximum atomic E-state index is 11.6. The summed E-state index contributed by atoms with van der Waals surface area (Å²) in [6.07, 6.45) is 3.42. The number of nitrogens with one attached hydrogen (secondary N) is 1. The number of nitrogen functional groups attached to an aromatic ring is 1. The van der Waals surface area contributed by atoms with Crippen LogP contribution in [0.3, 0.4) is 0 Å². The Bertz CT molecular complexity index is 417. The molecule has 1 aliphatic rings. The van der Waals surface area contributed by atoms with Crippen molar-refractivity contribution in [3.63, 3.8) is 0 Å².